The molecule has 0 saturated carbocycles. The summed E-state index contributed by atoms with van der Waals surface area (Å²) in [5.74, 6) is -2.95. The largest absolute Gasteiger partial charge is 0.380 e. The number of nitrogens with zero attached hydrogens (tertiary/aromatic N) is 2. The van der Waals surface area contributed by atoms with E-state index in [1.165, 1.54) is 11.0 Å². The third-order valence-electron chi connectivity index (χ3n) is 4.91. The molecule has 0 unspecified atom stereocenters. The van der Waals surface area contributed by atoms with Crippen LogP contribution in [0.4, 0.5) is 14.5 Å². The van der Waals surface area contributed by atoms with Crippen molar-refractivity contribution in [2.24, 2.45) is 0 Å². The third kappa shape index (κ3) is 5.32. The third-order valence-corrected chi connectivity index (χ3v) is 5.85. The number of piperazine rings is 1. The maximum absolute atomic E-state index is 13.9. The number of thiophene rings is 1. The highest BCUT2D eigenvalue weighted by Crippen LogP contribution is 2.22. The van der Waals surface area contributed by atoms with Crippen LogP contribution in [0.25, 0.3) is 0 Å². The van der Waals surface area contributed by atoms with Gasteiger partial charge in [0.25, 0.3) is 11.8 Å². The molecule has 162 valence electrons. The normalized spacial score (nSPS) is 16.3. The van der Waals surface area contributed by atoms with Crippen LogP contribution in [0.15, 0.2) is 35.7 Å². The minimum Gasteiger partial charge on any atom is -0.380 e. The molecule has 7 nitrogen and oxygen atoms in total. The molecule has 10 heteroatoms. The fourth-order valence-corrected chi connectivity index (χ4v) is 3.95. The number of aliphatic hydroxyl groups excluding tert-OH is 2. The zero-order valence-electron chi connectivity index (χ0n) is 16.1. The van der Waals surface area contributed by atoms with Crippen molar-refractivity contribution in [3.8, 4) is 0 Å². The van der Waals surface area contributed by atoms with Gasteiger partial charge >= 0.3 is 0 Å². The molecule has 2 aromatic rings. The number of carbonyl (C=O) groups excluding carboxylic acids is 2. The van der Waals surface area contributed by atoms with Gasteiger partial charge in [-0.15, -0.1) is 11.3 Å². The van der Waals surface area contributed by atoms with E-state index in [-0.39, 0.29) is 38.4 Å². The molecule has 0 aliphatic carbocycles. The minimum absolute atomic E-state index is 0.166. The molecule has 30 heavy (non-hydrogen) atoms. The minimum atomic E-state index is -1.89. The maximum atomic E-state index is 13.9. The average molecular weight is 439 g/mol. The van der Waals surface area contributed by atoms with Gasteiger partial charge in [0.1, 0.15) is 11.6 Å². The molecule has 2 atom stereocenters. The molecule has 1 saturated heterocycles. The molecule has 1 fully saturated rings. The van der Waals surface area contributed by atoms with Crippen molar-refractivity contribution < 1.29 is 28.6 Å². The Hall–Kier alpha value is -2.56. The summed E-state index contributed by atoms with van der Waals surface area (Å²) in [5.41, 5.74) is 0.231. The second-order valence-electron chi connectivity index (χ2n) is 6.92. The number of benzene rings is 1. The van der Waals surface area contributed by atoms with Gasteiger partial charge in [0.2, 0.25) is 0 Å². The lowest BCUT2D eigenvalue weighted by atomic mass is 10.1. The van der Waals surface area contributed by atoms with Crippen molar-refractivity contribution in [2.45, 2.75) is 18.6 Å². The number of carbonyl (C=O) groups is 2. The second-order valence-corrected chi connectivity index (χ2v) is 7.95. The molecule has 2 heterocycles. The SMILES string of the molecule is O=C(NCCc1cccs1)[C@H](O)[C@@H](O)C(=O)N1CCN(c2ccc(F)cc2F)CC1. The van der Waals surface area contributed by atoms with E-state index in [0.29, 0.717) is 6.42 Å². The monoisotopic (exact) mass is 439 g/mol. The zero-order valence-corrected chi connectivity index (χ0v) is 16.9. The number of aliphatic hydroxyl groups is 2. The molecule has 1 aliphatic heterocycles. The summed E-state index contributed by atoms with van der Waals surface area (Å²) in [5, 5.41) is 24.6. The predicted molar refractivity (Wildman–Crippen MR) is 108 cm³/mol. The van der Waals surface area contributed by atoms with Crippen LogP contribution in [0.2, 0.25) is 0 Å². The Morgan fingerprint density at radius 3 is 2.47 bits per heavy atom. The van der Waals surface area contributed by atoms with E-state index in [1.807, 2.05) is 17.5 Å². The highest BCUT2D eigenvalue weighted by molar-refractivity contribution is 7.09. The number of rotatable bonds is 7. The summed E-state index contributed by atoms with van der Waals surface area (Å²) in [6.45, 7) is 1.15. The first kappa shape index (κ1) is 22.1. The van der Waals surface area contributed by atoms with E-state index >= 15 is 0 Å². The highest BCUT2D eigenvalue weighted by atomic mass is 32.1. The average Bonchev–Trinajstić information content (AvgIpc) is 3.26. The van der Waals surface area contributed by atoms with Gasteiger partial charge in [-0.05, 0) is 30.0 Å². The molecule has 1 aromatic carbocycles. The molecule has 3 N–H and O–H groups in total. The van der Waals surface area contributed by atoms with E-state index in [1.54, 1.807) is 16.2 Å². The van der Waals surface area contributed by atoms with Crippen LogP contribution in [0.3, 0.4) is 0 Å². The van der Waals surface area contributed by atoms with Crippen LogP contribution >= 0.6 is 11.3 Å². The van der Waals surface area contributed by atoms with E-state index < -0.39 is 35.7 Å². The van der Waals surface area contributed by atoms with Gasteiger partial charge in [-0.1, -0.05) is 6.07 Å². The van der Waals surface area contributed by atoms with E-state index in [9.17, 15) is 28.6 Å². The fraction of sp³-hybridized carbons (Fsp3) is 0.400. The Morgan fingerprint density at radius 1 is 1.10 bits per heavy atom. The van der Waals surface area contributed by atoms with Crippen molar-refractivity contribution in [1.82, 2.24) is 10.2 Å². The van der Waals surface area contributed by atoms with Crippen molar-refractivity contribution in [3.05, 3.63) is 52.2 Å². The topological polar surface area (TPSA) is 93.1 Å². The standard InChI is InChI=1S/C20H23F2N3O4S/c21-13-3-4-16(15(22)12-13)24-7-9-25(10-8-24)20(29)18(27)17(26)19(28)23-6-5-14-2-1-11-30-14/h1-4,11-12,17-18,26-27H,5-10H2,(H,23,28)/t17-,18-/m1/s1. The summed E-state index contributed by atoms with van der Waals surface area (Å²) >= 11 is 1.54. The molecular formula is C20H23F2N3O4S. The summed E-state index contributed by atoms with van der Waals surface area (Å²) in [6.07, 6.45) is -3.18. The van der Waals surface area contributed by atoms with Gasteiger partial charge in [0.05, 0.1) is 5.69 Å². The zero-order chi connectivity index (χ0) is 21.7. The number of halogens is 2. The van der Waals surface area contributed by atoms with Gasteiger partial charge in [-0.25, -0.2) is 8.78 Å². The van der Waals surface area contributed by atoms with Gasteiger partial charge in [-0.2, -0.15) is 0 Å². The van der Waals surface area contributed by atoms with E-state index in [0.717, 1.165) is 17.0 Å². The summed E-state index contributed by atoms with van der Waals surface area (Å²) in [6, 6.07) is 7.10. The molecule has 3 rings (SSSR count). The van der Waals surface area contributed by atoms with E-state index in [4.69, 9.17) is 0 Å². The Bertz CT molecular complexity index is 873. The number of nitrogens with one attached hydrogen (secondary N) is 1. The van der Waals surface area contributed by atoms with Crippen molar-refractivity contribution in [1.29, 1.82) is 0 Å². The molecule has 1 aliphatic rings. The van der Waals surface area contributed by atoms with Crippen molar-refractivity contribution in [3.63, 3.8) is 0 Å². The van der Waals surface area contributed by atoms with Crippen LogP contribution in [0, 0.1) is 11.6 Å². The summed E-state index contributed by atoms with van der Waals surface area (Å²) in [7, 11) is 0. The Morgan fingerprint density at radius 2 is 1.83 bits per heavy atom. The highest BCUT2D eigenvalue weighted by Gasteiger charge is 2.34. The first-order valence-corrected chi connectivity index (χ1v) is 10.4. The van der Waals surface area contributed by atoms with Crippen molar-refractivity contribution in [2.75, 3.05) is 37.6 Å². The summed E-state index contributed by atoms with van der Waals surface area (Å²) in [4.78, 5) is 28.5. The summed E-state index contributed by atoms with van der Waals surface area (Å²) < 4.78 is 27.0. The quantitative estimate of drug-likeness (QED) is 0.592. The van der Waals surface area contributed by atoms with Crippen LogP contribution in [0.1, 0.15) is 4.88 Å². The molecule has 1 aromatic heterocycles. The van der Waals surface area contributed by atoms with Gasteiger partial charge in [0.15, 0.2) is 12.2 Å². The Balaban J connectivity index is 1.47. The molecule has 0 radical (unpaired) electrons. The Labute approximate surface area is 176 Å². The smallest absolute Gasteiger partial charge is 0.254 e. The lowest BCUT2D eigenvalue weighted by Gasteiger charge is -2.37. The van der Waals surface area contributed by atoms with Gasteiger partial charge in [0, 0.05) is 43.7 Å². The molecular weight excluding hydrogens is 416 g/mol. The fourth-order valence-electron chi connectivity index (χ4n) is 3.24. The lowest BCUT2D eigenvalue weighted by Crippen LogP contribution is -2.56. The molecule has 0 bridgehead atoms. The van der Waals surface area contributed by atoms with Crippen LogP contribution in [-0.4, -0.2) is 71.9 Å². The number of amides is 2. The van der Waals surface area contributed by atoms with Crippen molar-refractivity contribution >= 4 is 28.8 Å². The number of anilines is 1. The number of hydrogen-bond donors (Lipinski definition) is 3. The molecule has 2 amide bonds. The Kier molecular flexibility index (Phi) is 7.35. The van der Waals surface area contributed by atoms with Crippen LogP contribution < -0.4 is 10.2 Å². The molecule has 0 spiro atoms. The number of hydrogen-bond acceptors (Lipinski definition) is 6. The lowest BCUT2D eigenvalue weighted by molar-refractivity contribution is -0.153. The van der Waals surface area contributed by atoms with E-state index in [2.05, 4.69) is 5.32 Å². The maximum Gasteiger partial charge on any atom is 0.254 e. The first-order valence-electron chi connectivity index (χ1n) is 9.52. The van der Waals surface area contributed by atoms with Gasteiger partial charge in [-0.3, -0.25) is 9.59 Å². The predicted octanol–water partition coefficient (Wildman–Crippen LogP) is 0.756. The van der Waals surface area contributed by atoms with Gasteiger partial charge < -0.3 is 25.3 Å². The second kappa shape index (κ2) is 9.96. The first-order chi connectivity index (χ1) is 14.4. The van der Waals surface area contributed by atoms with Crippen LogP contribution in [-0.2, 0) is 16.0 Å². The van der Waals surface area contributed by atoms with Crippen LogP contribution in [0.5, 0.6) is 0 Å².